The fraction of sp³-hybridized carbons (Fsp3) is 0.565. The van der Waals surface area contributed by atoms with E-state index in [1.165, 1.54) is 0 Å². The second kappa shape index (κ2) is 8.44. The van der Waals surface area contributed by atoms with Crippen molar-refractivity contribution in [2.24, 2.45) is 18.9 Å². The van der Waals surface area contributed by atoms with E-state index in [1.54, 1.807) is 9.58 Å². The molecular weight excluding hydrogens is 410 g/mol. The van der Waals surface area contributed by atoms with E-state index in [0.29, 0.717) is 25.6 Å². The quantitative estimate of drug-likeness (QED) is 0.766. The summed E-state index contributed by atoms with van der Waals surface area (Å²) in [5.74, 6) is 0.486. The maximum absolute atomic E-state index is 12.7. The molecule has 2 aromatic rings. The van der Waals surface area contributed by atoms with Crippen LogP contribution in [0.5, 0.6) is 0 Å². The smallest absolute Gasteiger partial charge is 0.410 e. The number of carbonyl (C=O) groups is 2. The predicted octanol–water partition coefficient (Wildman–Crippen LogP) is 2.87. The molecule has 0 spiro atoms. The standard InChI is InChI=1S/C23H31N5O4/c1-22(2,3)32-20(29)24-15-23(19-13-27(4)26-25-19)17-10-11-28(12-18(17)23)21(30)31-14-16-8-6-5-7-9-16/h5-9,13,17-18H,10-12,14-15H2,1-4H3,(H,24,29). The third-order valence-corrected chi connectivity index (χ3v) is 6.29. The second-order valence-electron chi connectivity index (χ2n) is 9.66. The number of piperidine rings is 1. The summed E-state index contributed by atoms with van der Waals surface area (Å²) in [6, 6.07) is 9.64. The number of hydrogen-bond acceptors (Lipinski definition) is 6. The van der Waals surface area contributed by atoms with E-state index >= 15 is 0 Å². The van der Waals surface area contributed by atoms with E-state index in [9.17, 15) is 9.59 Å². The molecule has 4 rings (SSSR count). The molecule has 9 heteroatoms. The number of rotatable bonds is 5. The third kappa shape index (κ3) is 4.56. The summed E-state index contributed by atoms with van der Waals surface area (Å²) in [4.78, 5) is 26.8. The Hall–Kier alpha value is -3.10. The molecule has 1 aromatic heterocycles. The van der Waals surface area contributed by atoms with Gasteiger partial charge in [-0.3, -0.25) is 4.68 Å². The van der Waals surface area contributed by atoms with E-state index in [4.69, 9.17) is 9.47 Å². The van der Waals surface area contributed by atoms with Crippen LogP contribution < -0.4 is 5.32 Å². The van der Waals surface area contributed by atoms with Crippen molar-refractivity contribution in [3.05, 3.63) is 47.8 Å². The van der Waals surface area contributed by atoms with Gasteiger partial charge in [0.1, 0.15) is 12.2 Å². The highest BCUT2D eigenvalue weighted by molar-refractivity contribution is 5.69. The highest BCUT2D eigenvalue weighted by atomic mass is 16.6. The summed E-state index contributed by atoms with van der Waals surface area (Å²) in [6.45, 7) is 7.32. The second-order valence-corrected chi connectivity index (χ2v) is 9.66. The highest BCUT2D eigenvalue weighted by Crippen LogP contribution is 2.62. The molecule has 0 bridgehead atoms. The van der Waals surface area contributed by atoms with Crippen molar-refractivity contribution in [3.63, 3.8) is 0 Å². The van der Waals surface area contributed by atoms with Crippen molar-refractivity contribution in [1.29, 1.82) is 0 Å². The molecule has 1 aliphatic carbocycles. The van der Waals surface area contributed by atoms with Crippen molar-refractivity contribution >= 4 is 12.2 Å². The van der Waals surface area contributed by atoms with Gasteiger partial charge in [-0.25, -0.2) is 9.59 Å². The number of amides is 2. The number of aromatic nitrogens is 3. The highest BCUT2D eigenvalue weighted by Gasteiger charge is 2.68. The largest absolute Gasteiger partial charge is 0.445 e. The Morgan fingerprint density at radius 1 is 1.22 bits per heavy atom. The van der Waals surface area contributed by atoms with Crippen LogP contribution in [-0.2, 0) is 28.5 Å². The van der Waals surface area contributed by atoms with Gasteiger partial charge >= 0.3 is 12.2 Å². The van der Waals surface area contributed by atoms with Gasteiger partial charge in [-0.05, 0) is 44.6 Å². The van der Waals surface area contributed by atoms with Gasteiger partial charge < -0.3 is 19.7 Å². The Labute approximate surface area is 188 Å². The first-order valence-corrected chi connectivity index (χ1v) is 11.0. The summed E-state index contributed by atoms with van der Waals surface area (Å²) in [5, 5.41) is 11.4. The molecule has 1 aromatic carbocycles. The van der Waals surface area contributed by atoms with Gasteiger partial charge in [-0.2, -0.15) is 0 Å². The summed E-state index contributed by atoms with van der Waals surface area (Å²) in [6.07, 6.45) is 1.95. The van der Waals surface area contributed by atoms with E-state index in [-0.39, 0.29) is 24.0 Å². The van der Waals surface area contributed by atoms with Gasteiger partial charge in [-0.1, -0.05) is 35.5 Å². The Kier molecular flexibility index (Phi) is 5.83. The van der Waals surface area contributed by atoms with Gasteiger partial charge in [0.05, 0.1) is 5.69 Å². The molecule has 2 aliphatic rings. The zero-order chi connectivity index (χ0) is 22.9. The summed E-state index contributed by atoms with van der Waals surface area (Å²) >= 11 is 0. The van der Waals surface area contributed by atoms with E-state index in [2.05, 4.69) is 15.6 Å². The summed E-state index contributed by atoms with van der Waals surface area (Å²) in [5.41, 5.74) is 0.863. The Balaban J connectivity index is 1.42. The minimum Gasteiger partial charge on any atom is -0.445 e. The molecule has 1 aliphatic heterocycles. The lowest BCUT2D eigenvalue weighted by Gasteiger charge is -2.25. The van der Waals surface area contributed by atoms with Gasteiger partial charge in [0.15, 0.2) is 0 Å². The number of nitrogens with one attached hydrogen (secondary N) is 1. The fourth-order valence-electron chi connectivity index (χ4n) is 4.78. The number of hydrogen-bond donors (Lipinski definition) is 1. The molecule has 1 saturated carbocycles. The Morgan fingerprint density at radius 3 is 2.62 bits per heavy atom. The normalized spacial score (nSPS) is 24.4. The molecule has 3 unspecified atom stereocenters. The van der Waals surface area contributed by atoms with Crippen LogP contribution >= 0.6 is 0 Å². The number of benzene rings is 1. The number of aryl methyl sites for hydroxylation is 1. The number of alkyl carbamates (subject to hydrolysis) is 1. The van der Waals surface area contributed by atoms with Crippen molar-refractivity contribution < 1.29 is 19.1 Å². The molecule has 9 nitrogen and oxygen atoms in total. The molecule has 172 valence electrons. The lowest BCUT2D eigenvalue weighted by atomic mass is 9.97. The zero-order valence-corrected chi connectivity index (χ0v) is 19.1. The Morgan fingerprint density at radius 2 is 1.97 bits per heavy atom. The fourth-order valence-corrected chi connectivity index (χ4v) is 4.78. The minimum atomic E-state index is -0.570. The monoisotopic (exact) mass is 441 g/mol. The number of nitrogens with zero attached hydrogens (tertiary/aromatic N) is 4. The molecule has 3 atom stereocenters. The summed E-state index contributed by atoms with van der Waals surface area (Å²) < 4.78 is 12.6. The van der Waals surface area contributed by atoms with Crippen LogP contribution in [0.25, 0.3) is 0 Å². The zero-order valence-electron chi connectivity index (χ0n) is 19.1. The average molecular weight is 442 g/mol. The first kappa shape index (κ1) is 22.1. The molecule has 32 heavy (non-hydrogen) atoms. The lowest BCUT2D eigenvalue weighted by molar-refractivity contribution is 0.0519. The molecule has 1 saturated heterocycles. The van der Waals surface area contributed by atoms with Crippen molar-refractivity contribution in [2.45, 2.75) is 44.8 Å². The third-order valence-electron chi connectivity index (χ3n) is 6.29. The molecular formula is C23H31N5O4. The number of ether oxygens (including phenoxy) is 2. The van der Waals surface area contributed by atoms with Crippen LogP contribution in [-0.4, -0.2) is 57.3 Å². The van der Waals surface area contributed by atoms with Crippen LogP contribution in [0.1, 0.15) is 38.4 Å². The number of fused-ring (bicyclic) bond motifs is 1. The maximum atomic E-state index is 12.7. The molecule has 2 heterocycles. The minimum absolute atomic E-state index is 0.173. The van der Waals surface area contributed by atoms with Crippen molar-refractivity contribution in [2.75, 3.05) is 19.6 Å². The molecule has 1 N–H and O–H groups in total. The van der Waals surface area contributed by atoms with Gasteiger partial charge in [-0.15, -0.1) is 5.10 Å². The first-order valence-electron chi connectivity index (χ1n) is 11.0. The van der Waals surface area contributed by atoms with Crippen LogP contribution in [0.2, 0.25) is 0 Å². The first-order chi connectivity index (χ1) is 15.2. The maximum Gasteiger partial charge on any atom is 0.410 e. The predicted molar refractivity (Wildman–Crippen MR) is 117 cm³/mol. The van der Waals surface area contributed by atoms with Crippen molar-refractivity contribution in [3.8, 4) is 0 Å². The van der Waals surface area contributed by atoms with Gasteiger partial charge in [0.2, 0.25) is 0 Å². The molecule has 2 fully saturated rings. The molecule has 0 radical (unpaired) electrons. The SMILES string of the molecule is Cn1cc(C2(CNC(=O)OC(C)(C)C)C3CCN(C(=O)OCc4ccccc4)CC32)nn1. The molecule has 2 amide bonds. The van der Waals surface area contributed by atoms with Crippen molar-refractivity contribution in [1.82, 2.24) is 25.2 Å². The van der Waals surface area contributed by atoms with E-state index in [0.717, 1.165) is 17.7 Å². The van der Waals surface area contributed by atoms with E-state index in [1.807, 2.05) is 64.3 Å². The summed E-state index contributed by atoms with van der Waals surface area (Å²) in [7, 11) is 1.82. The van der Waals surface area contributed by atoms with Crippen LogP contribution in [0.4, 0.5) is 9.59 Å². The van der Waals surface area contributed by atoms with Gasteiger partial charge in [0, 0.05) is 38.3 Å². The number of likely N-dealkylation sites (tertiary alicyclic amines) is 1. The average Bonchev–Trinajstić information content (AvgIpc) is 3.18. The van der Waals surface area contributed by atoms with E-state index < -0.39 is 11.7 Å². The van der Waals surface area contributed by atoms with Crippen LogP contribution in [0, 0.1) is 11.8 Å². The van der Waals surface area contributed by atoms with Gasteiger partial charge in [0.25, 0.3) is 0 Å². The lowest BCUT2D eigenvalue weighted by Crippen LogP contribution is -2.39. The van der Waals surface area contributed by atoms with Crippen LogP contribution in [0.15, 0.2) is 36.5 Å². The topological polar surface area (TPSA) is 98.6 Å². The number of carbonyl (C=O) groups excluding carboxylic acids is 2. The van der Waals surface area contributed by atoms with Crippen LogP contribution in [0.3, 0.4) is 0 Å². The Bertz CT molecular complexity index is 970.